The van der Waals surface area contributed by atoms with Crippen LogP contribution in [0.25, 0.3) is 0 Å². The molecule has 0 saturated heterocycles. The van der Waals surface area contributed by atoms with Crippen LogP contribution in [0.5, 0.6) is 11.6 Å². The van der Waals surface area contributed by atoms with Gasteiger partial charge in [-0.1, -0.05) is 0 Å². The first-order valence-corrected chi connectivity index (χ1v) is 5.70. The predicted molar refractivity (Wildman–Crippen MR) is 70.6 cm³/mol. The smallest absolute Gasteiger partial charge is 0.337 e. The van der Waals surface area contributed by atoms with Crippen LogP contribution in [0.4, 0.5) is 5.69 Å². The summed E-state index contributed by atoms with van der Waals surface area (Å²) >= 11 is 0. The summed E-state index contributed by atoms with van der Waals surface area (Å²) in [5, 5.41) is 13.2. The van der Waals surface area contributed by atoms with Gasteiger partial charge in [-0.15, -0.1) is 0 Å². The van der Waals surface area contributed by atoms with Crippen LogP contribution in [0.15, 0.2) is 18.2 Å². The lowest BCUT2D eigenvalue weighted by atomic mass is 10.1. The van der Waals surface area contributed by atoms with Crippen molar-refractivity contribution in [2.75, 3.05) is 5.73 Å². The van der Waals surface area contributed by atoms with Crippen molar-refractivity contribution in [3.63, 3.8) is 0 Å². The lowest BCUT2D eigenvalue weighted by molar-refractivity contribution is 0.0697. The van der Waals surface area contributed by atoms with Gasteiger partial charge in [0.15, 0.2) is 0 Å². The number of benzene rings is 1. The van der Waals surface area contributed by atoms with Gasteiger partial charge >= 0.3 is 5.97 Å². The summed E-state index contributed by atoms with van der Waals surface area (Å²) in [4.78, 5) is 11.1. The first-order chi connectivity index (χ1) is 8.88. The number of nitrogens with two attached hydrogens (primary N) is 1. The van der Waals surface area contributed by atoms with Crippen molar-refractivity contribution in [1.82, 2.24) is 9.78 Å². The largest absolute Gasteiger partial charge is 0.478 e. The number of anilines is 1. The molecule has 0 aliphatic carbocycles. The average molecular weight is 261 g/mol. The Balaban J connectivity index is 2.41. The molecule has 0 spiro atoms. The molecule has 0 saturated carbocycles. The van der Waals surface area contributed by atoms with Gasteiger partial charge in [0.25, 0.3) is 0 Å². The zero-order valence-electron chi connectivity index (χ0n) is 11.0. The van der Waals surface area contributed by atoms with Crippen molar-refractivity contribution < 1.29 is 14.6 Å². The topological polar surface area (TPSA) is 90.4 Å². The van der Waals surface area contributed by atoms with Gasteiger partial charge in [0.05, 0.1) is 11.3 Å². The van der Waals surface area contributed by atoms with Crippen molar-refractivity contribution in [2.45, 2.75) is 13.8 Å². The number of carboxylic acid groups (broad SMARTS) is 1. The minimum absolute atomic E-state index is 0.0360. The molecule has 1 aromatic carbocycles. The number of ether oxygens (including phenoxy) is 1. The maximum Gasteiger partial charge on any atom is 0.337 e. The number of hydrogen-bond acceptors (Lipinski definition) is 4. The second-order valence-electron chi connectivity index (χ2n) is 4.36. The van der Waals surface area contributed by atoms with Crippen molar-refractivity contribution >= 4 is 11.7 Å². The highest BCUT2D eigenvalue weighted by Gasteiger charge is 2.13. The molecule has 0 atom stereocenters. The van der Waals surface area contributed by atoms with E-state index in [0.29, 0.717) is 17.2 Å². The fourth-order valence-electron chi connectivity index (χ4n) is 1.80. The minimum atomic E-state index is -1.08. The molecule has 0 amide bonds. The fraction of sp³-hybridized carbons (Fsp3) is 0.231. The van der Waals surface area contributed by atoms with Crippen LogP contribution in [0, 0.1) is 13.8 Å². The Labute approximate surface area is 110 Å². The standard InChI is InChI=1S/C13H15N3O3/c1-7-4-9(6-10(12(7)14)13(17)18)19-11-5-8(2)15-16(11)3/h4-6H,14H2,1-3H3,(H,17,18). The van der Waals surface area contributed by atoms with E-state index in [4.69, 9.17) is 15.6 Å². The highest BCUT2D eigenvalue weighted by molar-refractivity contribution is 5.95. The van der Waals surface area contributed by atoms with Crippen LogP contribution in [0.2, 0.25) is 0 Å². The molecule has 1 aromatic heterocycles. The van der Waals surface area contributed by atoms with Crippen LogP contribution in [-0.2, 0) is 7.05 Å². The van der Waals surface area contributed by atoms with Gasteiger partial charge in [0.2, 0.25) is 5.88 Å². The van der Waals surface area contributed by atoms with Crippen LogP contribution in [-0.4, -0.2) is 20.9 Å². The van der Waals surface area contributed by atoms with Gasteiger partial charge < -0.3 is 15.6 Å². The van der Waals surface area contributed by atoms with E-state index in [2.05, 4.69) is 5.10 Å². The van der Waals surface area contributed by atoms with Gasteiger partial charge in [0.1, 0.15) is 5.75 Å². The van der Waals surface area contributed by atoms with Gasteiger partial charge in [-0.05, 0) is 31.5 Å². The van der Waals surface area contributed by atoms with Gasteiger partial charge in [0, 0.05) is 18.8 Å². The Kier molecular flexibility index (Phi) is 3.16. The number of nitrogens with zero attached hydrogens (tertiary/aromatic N) is 2. The first kappa shape index (κ1) is 12.9. The molecule has 3 N–H and O–H groups in total. The monoisotopic (exact) mass is 261 g/mol. The summed E-state index contributed by atoms with van der Waals surface area (Å²) in [6, 6.07) is 4.88. The summed E-state index contributed by atoms with van der Waals surface area (Å²) in [6.45, 7) is 3.59. The van der Waals surface area contributed by atoms with Crippen molar-refractivity contribution in [3.05, 3.63) is 35.0 Å². The second-order valence-corrected chi connectivity index (χ2v) is 4.36. The summed E-state index contributed by atoms with van der Waals surface area (Å²) in [5.41, 5.74) is 7.50. The molecular weight excluding hydrogens is 246 g/mol. The summed E-state index contributed by atoms with van der Waals surface area (Å²) < 4.78 is 7.22. The number of aryl methyl sites for hydroxylation is 3. The first-order valence-electron chi connectivity index (χ1n) is 5.70. The van der Waals surface area contributed by atoms with Crippen LogP contribution in [0.3, 0.4) is 0 Å². The molecule has 0 unspecified atom stereocenters. The van der Waals surface area contributed by atoms with E-state index in [1.54, 1.807) is 30.8 Å². The van der Waals surface area contributed by atoms with E-state index in [1.807, 2.05) is 6.92 Å². The Bertz CT molecular complexity index is 647. The molecule has 6 heteroatoms. The zero-order valence-corrected chi connectivity index (χ0v) is 11.0. The summed E-state index contributed by atoms with van der Waals surface area (Å²) in [7, 11) is 1.75. The van der Waals surface area contributed by atoms with Gasteiger partial charge in [-0.25, -0.2) is 9.48 Å². The third-order valence-corrected chi connectivity index (χ3v) is 2.77. The van der Waals surface area contributed by atoms with Crippen molar-refractivity contribution in [3.8, 4) is 11.6 Å². The molecule has 100 valence electrons. The third-order valence-electron chi connectivity index (χ3n) is 2.77. The number of rotatable bonds is 3. The van der Waals surface area contributed by atoms with E-state index in [0.717, 1.165) is 5.69 Å². The van der Waals surface area contributed by atoms with Crippen molar-refractivity contribution in [2.24, 2.45) is 7.05 Å². The molecule has 2 aromatic rings. The number of aromatic carboxylic acids is 1. The van der Waals surface area contributed by atoms with Gasteiger partial charge in [-0.3, -0.25) is 0 Å². The van der Waals surface area contributed by atoms with Gasteiger partial charge in [-0.2, -0.15) is 5.10 Å². The lowest BCUT2D eigenvalue weighted by Gasteiger charge is -2.10. The second kappa shape index (κ2) is 4.64. The van der Waals surface area contributed by atoms with Crippen LogP contribution in [0.1, 0.15) is 21.6 Å². The molecule has 0 aliphatic heterocycles. The van der Waals surface area contributed by atoms with E-state index in [9.17, 15) is 4.79 Å². The fourth-order valence-corrected chi connectivity index (χ4v) is 1.80. The highest BCUT2D eigenvalue weighted by atomic mass is 16.5. The summed E-state index contributed by atoms with van der Waals surface area (Å²) in [5.74, 6) is -0.114. The molecule has 1 heterocycles. The zero-order chi connectivity index (χ0) is 14.2. The molecule has 6 nitrogen and oxygen atoms in total. The quantitative estimate of drug-likeness (QED) is 0.826. The maximum absolute atomic E-state index is 11.1. The molecule has 0 bridgehead atoms. The molecule has 19 heavy (non-hydrogen) atoms. The molecule has 0 aliphatic rings. The van der Waals surface area contributed by atoms with Crippen LogP contribution < -0.4 is 10.5 Å². The Hall–Kier alpha value is -2.50. The normalized spacial score (nSPS) is 10.5. The number of carboxylic acids is 1. The maximum atomic E-state index is 11.1. The van der Waals surface area contributed by atoms with E-state index >= 15 is 0 Å². The highest BCUT2D eigenvalue weighted by Crippen LogP contribution is 2.28. The predicted octanol–water partition coefficient (Wildman–Crippen LogP) is 2.11. The Morgan fingerprint density at radius 3 is 2.58 bits per heavy atom. The van der Waals surface area contributed by atoms with E-state index < -0.39 is 5.97 Å². The minimum Gasteiger partial charge on any atom is -0.478 e. The Morgan fingerprint density at radius 2 is 2.05 bits per heavy atom. The van der Waals surface area contributed by atoms with E-state index in [-0.39, 0.29) is 11.3 Å². The lowest BCUT2D eigenvalue weighted by Crippen LogP contribution is -2.05. The molecule has 2 rings (SSSR count). The van der Waals surface area contributed by atoms with Crippen LogP contribution >= 0.6 is 0 Å². The third kappa shape index (κ3) is 2.52. The average Bonchev–Trinajstić information content (AvgIpc) is 2.62. The molecule has 0 radical (unpaired) electrons. The molecular formula is C13H15N3O3. The number of aromatic nitrogens is 2. The van der Waals surface area contributed by atoms with E-state index in [1.165, 1.54) is 6.07 Å². The summed E-state index contributed by atoms with van der Waals surface area (Å²) in [6.07, 6.45) is 0. The SMILES string of the molecule is Cc1cc(Oc2cc(C)c(N)c(C(=O)O)c2)n(C)n1. The van der Waals surface area contributed by atoms with Crippen molar-refractivity contribution in [1.29, 1.82) is 0 Å². The number of carbonyl (C=O) groups is 1. The number of nitrogen functional groups attached to an aromatic ring is 1. The Morgan fingerprint density at radius 1 is 1.37 bits per heavy atom. The number of hydrogen-bond donors (Lipinski definition) is 2. The molecule has 0 fully saturated rings.